The number of hydrogen-bond acceptors (Lipinski definition) is 5. The summed E-state index contributed by atoms with van der Waals surface area (Å²) in [6.45, 7) is 4.13. The average Bonchev–Trinajstić information content (AvgIpc) is 3.51. The smallest absolute Gasteiger partial charge is 0.308 e. The van der Waals surface area contributed by atoms with Gasteiger partial charge in [-0.3, -0.25) is 14.4 Å². The molecular weight excluding hydrogens is 568 g/mol. The molecule has 3 aliphatic heterocycles. The maximum Gasteiger partial charge on any atom is 0.308 e. The highest BCUT2D eigenvalue weighted by molar-refractivity contribution is 9.09. The molecule has 0 radical (unpaired) electrons. The number of fused-ring (bicyclic) bond motifs is 1. The van der Waals surface area contributed by atoms with Crippen molar-refractivity contribution in [1.29, 1.82) is 0 Å². The zero-order chi connectivity index (χ0) is 27.0. The first-order valence-electron chi connectivity index (χ1n) is 12.8. The van der Waals surface area contributed by atoms with Gasteiger partial charge in [-0.1, -0.05) is 82.7 Å². The zero-order valence-electron chi connectivity index (χ0n) is 20.9. The van der Waals surface area contributed by atoms with Gasteiger partial charge in [0.05, 0.1) is 29.2 Å². The van der Waals surface area contributed by atoms with Crippen LogP contribution in [0.25, 0.3) is 0 Å². The number of hydrogen-bond donors (Lipinski definition) is 2. The van der Waals surface area contributed by atoms with Crippen LogP contribution in [0.2, 0.25) is 0 Å². The molecule has 2 bridgehead atoms. The Morgan fingerprint density at radius 3 is 2.37 bits per heavy atom. The number of carboxylic acid groups (broad SMARTS) is 1. The minimum absolute atomic E-state index is 0.128. The summed E-state index contributed by atoms with van der Waals surface area (Å²) in [5.41, 5.74) is 1.87. The Bertz CT molecular complexity index is 1210. The topological polar surface area (TPSA) is 98.2 Å². The largest absolute Gasteiger partial charge is 0.481 e. The van der Waals surface area contributed by atoms with Crippen LogP contribution in [0.1, 0.15) is 17.5 Å². The summed E-state index contributed by atoms with van der Waals surface area (Å²) in [6.07, 6.45) is 2.53. The average molecular weight is 600 g/mol. The lowest BCUT2D eigenvalue weighted by Crippen LogP contribution is -2.58. The Kier molecular flexibility index (Phi) is 7.71. The number of alkyl halides is 1. The molecule has 3 aliphatic rings. The van der Waals surface area contributed by atoms with Gasteiger partial charge >= 0.3 is 5.97 Å². The number of thioether (sulfide) groups is 1. The van der Waals surface area contributed by atoms with E-state index in [1.54, 1.807) is 11.0 Å². The van der Waals surface area contributed by atoms with Gasteiger partial charge in [0, 0.05) is 23.2 Å². The molecule has 3 fully saturated rings. The fraction of sp³-hybridized carbons (Fsp3) is 0.414. The van der Waals surface area contributed by atoms with Crippen molar-refractivity contribution < 1.29 is 24.6 Å². The lowest BCUT2D eigenvalue weighted by atomic mass is 9.71. The quantitative estimate of drug-likeness (QED) is 0.321. The molecule has 200 valence electrons. The number of benzene rings is 2. The minimum Gasteiger partial charge on any atom is -0.481 e. The molecule has 2 aromatic carbocycles. The van der Waals surface area contributed by atoms with E-state index in [0.29, 0.717) is 19.4 Å². The van der Waals surface area contributed by atoms with Crippen LogP contribution in [0.5, 0.6) is 0 Å². The van der Waals surface area contributed by atoms with E-state index in [1.807, 2.05) is 60.7 Å². The molecule has 3 unspecified atom stereocenters. The van der Waals surface area contributed by atoms with Gasteiger partial charge in [0.2, 0.25) is 11.8 Å². The monoisotopic (exact) mass is 598 g/mol. The van der Waals surface area contributed by atoms with Crippen LogP contribution in [0, 0.1) is 11.8 Å². The number of aliphatic hydroxyl groups excluding tert-OH is 1. The molecule has 9 heteroatoms. The standard InChI is InChI=1S/C29H31BrN2O5S/c1-2-13-31(16-19-11-7-4-8-12-19)27(35)25-29-15-21(30)24(38-29)22(28(36)37)23(29)26(34)32(25)20(17-33)14-18-9-5-3-6-10-18/h2-12,20-25,33H,1,13-17H2,(H,36,37)/t20-,21?,22+,23+,24+,25?,29?/m1/s1. The van der Waals surface area contributed by atoms with Crippen molar-refractivity contribution in [2.45, 2.75) is 46.3 Å². The van der Waals surface area contributed by atoms with E-state index < -0.39 is 34.6 Å². The third-order valence-corrected chi connectivity index (χ3v) is 11.3. The van der Waals surface area contributed by atoms with E-state index in [0.717, 1.165) is 11.1 Å². The normalized spacial score (nSPS) is 30.2. The maximum absolute atomic E-state index is 14.5. The molecule has 1 spiro atoms. The number of rotatable bonds is 10. The van der Waals surface area contributed by atoms with E-state index in [9.17, 15) is 24.6 Å². The molecule has 7 nitrogen and oxygen atoms in total. The number of carboxylic acids is 1. The van der Waals surface area contributed by atoms with Gasteiger partial charge in [0.25, 0.3) is 0 Å². The van der Waals surface area contributed by atoms with E-state index in [-0.39, 0.29) is 35.0 Å². The van der Waals surface area contributed by atoms with E-state index >= 15 is 0 Å². The number of halogens is 1. The number of amides is 2. The Balaban J connectivity index is 1.58. The van der Waals surface area contributed by atoms with Crippen LogP contribution in [0.3, 0.4) is 0 Å². The Labute approximate surface area is 235 Å². The third-order valence-electron chi connectivity index (χ3n) is 8.04. The first kappa shape index (κ1) is 27.0. The lowest BCUT2D eigenvalue weighted by Gasteiger charge is -2.40. The summed E-state index contributed by atoms with van der Waals surface area (Å²) in [6, 6.07) is 17.6. The summed E-state index contributed by atoms with van der Waals surface area (Å²) in [4.78, 5) is 44.2. The SMILES string of the molecule is C=CCN(Cc1ccccc1)C(=O)C1N([C@@H](CO)Cc2ccccc2)C(=O)[C@@H]2[C@H](C(=O)O)[C@H]3SC12CC3Br. The summed E-state index contributed by atoms with van der Waals surface area (Å²) in [5.74, 6) is -3.34. The molecular formula is C29H31BrN2O5S. The second-order valence-corrected chi connectivity index (χ2v) is 13.0. The predicted molar refractivity (Wildman–Crippen MR) is 150 cm³/mol. The second-order valence-electron chi connectivity index (χ2n) is 10.3. The lowest BCUT2D eigenvalue weighted by molar-refractivity contribution is -0.149. The van der Waals surface area contributed by atoms with Crippen molar-refractivity contribution in [2.75, 3.05) is 13.2 Å². The Morgan fingerprint density at radius 1 is 1.16 bits per heavy atom. The number of likely N-dealkylation sites (tertiary alicyclic amines) is 1. The number of aliphatic hydroxyl groups is 1. The highest BCUT2D eigenvalue weighted by atomic mass is 79.9. The van der Waals surface area contributed by atoms with E-state index in [4.69, 9.17) is 0 Å². The first-order chi connectivity index (χ1) is 18.3. The first-order valence-corrected chi connectivity index (χ1v) is 14.6. The molecule has 2 N–H and O–H groups in total. The number of nitrogens with zero attached hydrogens (tertiary/aromatic N) is 2. The molecule has 2 amide bonds. The maximum atomic E-state index is 14.5. The van der Waals surface area contributed by atoms with Crippen LogP contribution < -0.4 is 0 Å². The van der Waals surface area contributed by atoms with Crippen molar-refractivity contribution in [3.8, 4) is 0 Å². The summed E-state index contributed by atoms with van der Waals surface area (Å²) >= 11 is 5.15. The van der Waals surface area contributed by atoms with Gasteiger partial charge in [-0.15, -0.1) is 18.3 Å². The summed E-state index contributed by atoms with van der Waals surface area (Å²) in [7, 11) is 0. The van der Waals surface area contributed by atoms with Gasteiger partial charge in [-0.25, -0.2) is 0 Å². The molecule has 0 saturated carbocycles. The van der Waals surface area contributed by atoms with Crippen LogP contribution >= 0.6 is 27.7 Å². The summed E-state index contributed by atoms with van der Waals surface area (Å²) < 4.78 is -0.893. The fourth-order valence-electron chi connectivity index (χ4n) is 6.52. The van der Waals surface area contributed by atoms with Gasteiger partial charge in [-0.2, -0.15) is 0 Å². The van der Waals surface area contributed by atoms with Crippen LogP contribution in [-0.2, 0) is 27.3 Å². The van der Waals surface area contributed by atoms with Crippen LogP contribution in [0.15, 0.2) is 73.3 Å². The van der Waals surface area contributed by atoms with Crippen molar-refractivity contribution in [3.05, 3.63) is 84.4 Å². The van der Waals surface area contributed by atoms with E-state index in [2.05, 4.69) is 22.5 Å². The molecule has 7 atom stereocenters. The minimum atomic E-state index is -1.02. The number of carbonyl (C=O) groups excluding carboxylic acids is 2. The van der Waals surface area contributed by atoms with Crippen molar-refractivity contribution in [3.63, 3.8) is 0 Å². The third kappa shape index (κ3) is 4.48. The van der Waals surface area contributed by atoms with Gasteiger partial charge in [-0.05, 0) is 24.0 Å². The van der Waals surface area contributed by atoms with Crippen molar-refractivity contribution in [2.24, 2.45) is 11.8 Å². The number of carbonyl (C=O) groups is 3. The second kappa shape index (κ2) is 10.9. The predicted octanol–water partition coefficient (Wildman–Crippen LogP) is 3.35. The van der Waals surface area contributed by atoms with Gasteiger partial charge in [0.15, 0.2) is 0 Å². The highest BCUT2D eigenvalue weighted by Crippen LogP contribution is 2.68. The van der Waals surface area contributed by atoms with E-state index in [1.165, 1.54) is 16.7 Å². The van der Waals surface area contributed by atoms with Crippen LogP contribution in [0.4, 0.5) is 0 Å². The van der Waals surface area contributed by atoms with Gasteiger partial charge in [0.1, 0.15) is 6.04 Å². The van der Waals surface area contributed by atoms with Crippen molar-refractivity contribution in [1.82, 2.24) is 9.80 Å². The van der Waals surface area contributed by atoms with Crippen LogP contribution in [-0.4, -0.2) is 77.9 Å². The molecule has 3 saturated heterocycles. The van der Waals surface area contributed by atoms with Crippen molar-refractivity contribution >= 4 is 45.5 Å². The summed E-state index contributed by atoms with van der Waals surface area (Å²) in [5, 5.41) is 20.4. The van der Waals surface area contributed by atoms with Gasteiger partial charge < -0.3 is 20.0 Å². The molecule has 2 aromatic rings. The highest BCUT2D eigenvalue weighted by Gasteiger charge is 2.76. The molecule has 0 aliphatic carbocycles. The zero-order valence-corrected chi connectivity index (χ0v) is 23.3. The molecule has 0 aromatic heterocycles. The Hall–Kier alpha value is -2.62. The molecule has 5 rings (SSSR count). The fourth-order valence-corrected chi connectivity index (χ4v) is 10.1. The molecule has 3 heterocycles. The number of aliphatic carboxylic acids is 1. The Morgan fingerprint density at radius 2 is 1.79 bits per heavy atom. The molecule has 38 heavy (non-hydrogen) atoms.